The van der Waals surface area contributed by atoms with Gasteiger partial charge < -0.3 is 0 Å². The predicted molar refractivity (Wildman–Crippen MR) is 71.1 cm³/mol. The maximum atomic E-state index is 12.2. The lowest BCUT2D eigenvalue weighted by Crippen LogP contribution is -2.21. The topological polar surface area (TPSA) is 34.9 Å². The van der Waals surface area contributed by atoms with Crippen molar-refractivity contribution in [2.24, 2.45) is 0 Å². The third-order valence-corrected chi connectivity index (χ3v) is 3.50. The molecule has 88 valence electrons. The zero-order valence-electron chi connectivity index (χ0n) is 10.1. The van der Waals surface area contributed by atoms with Crippen LogP contribution in [-0.4, -0.2) is 15.8 Å². The summed E-state index contributed by atoms with van der Waals surface area (Å²) in [6.45, 7) is 3.87. The second kappa shape index (κ2) is 4.75. The molecule has 0 atom stereocenters. The Morgan fingerprint density at radius 3 is 2.41 bits per heavy atom. The molecule has 2 rings (SSSR count). The maximum Gasteiger partial charge on any atom is 0.271 e. The number of aryl methyl sites for hydroxylation is 2. The fraction of sp³-hybridized carbons (Fsp3) is 0.231. The molecule has 1 aromatic carbocycles. The molecule has 0 radical (unpaired) electrons. The summed E-state index contributed by atoms with van der Waals surface area (Å²) in [6.07, 6.45) is 3.48. The van der Waals surface area contributed by atoms with Crippen molar-refractivity contribution in [3.8, 4) is 5.69 Å². The molecule has 2 aromatic rings. The first kappa shape index (κ1) is 11.9. The molecule has 1 aromatic heterocycles. The van der Waals surface area contributed by atoms with Crippen LogP contribution < -0.4 is 5.56 Å². The standard InChI is InChI=1S/C13H14N2OS/c1-9-4-6-11(7-5-9)15-8-14-10(2)12(17-3)13(15)16/h4-8H,1-3H3. The Labute approximate surface area is 105 Å². The van der Waals surface area contributed by atoms with Crippen LogP contribution in [-0.2, 0) is 0 Å². The number of rotatable bonds is 2. The van der Waals surface area contributed by atoms with Gasteiger partial charge in [0.2, 0.25) is 0 Å². The van der Waals surface area contributed by atoms with Crippen molar-refractivity contribution in [2.75, 3.05) is 6.26 Å². The molecule has 0 fully saturated rings. The summed E-state index contributed by atoms with van der Waals surface area (Å²) in [4.78, 5) is 17.2. The Morgan fingerprint density at radius 2 is 1.82 bits per heavy atom. The van der Waals surface area contributed by atoms with Crippen LogP contribution in [0.3, 0.4) is 0 Å². The molecule has 3 nitrogen and oxygen atoms in total. The van der Waals surface area contributed by atoms with Crippen LogP contribution in [0.15, 0.2) is 40.3 Å². The van der Waals surface area contributed by atoms with E-state index in [1.54, 1.807) is 10.9 Å². The van der Waals surface area contributed by atoms with Crippen molar-refractivity contribution in [2.45, 2.75) is 18.7 Å². The monoisotopic (exact) mass is 246 g/mol. The van der Waals surface area contributed by atoms with E-state index in [1.165, 1.54) is 17.3 Å². The molecule has 0 saturated carbocycles. The Morgan fingerprint density at radius 1 is 1.18 bits per heavy atom. The van der Waals surface area contributed by atoms with Crippen molar-refractivity contribution in [3.63, 3.8) is 0 Å². The zero-order chi connectivity index (χ0) is 12.4. The third kappa shape index (κ3) is 2.26. The first-order valence-electron chi connectivity index (χ1n) is 5.33. The van der Waals surface area contributed by atoms with Crippen LogP contribution in [0.25, 0.3) is 5.69 Å². The van der Waals surface area contributed by atoms with E-state index in [4.69, 9.17) is 0 Å². The van der Waals surface area contributed by atoms with Crippen LogP contribution in [0, 0.1) is 13.8 Å². The van der Waals surface area contributed by atoms with Gasteiger partial charge in [-0.05, 0) is 32.2 Å². The quantitative estimate of drug-likeness (QED) is 0.764. The molecule has 0 saturated heterocycles. The summed E-state index contributed by atoms with van der Waals surface area (Å²) in [5.41, 5.74) is 2.80. The molecule has 0 spiro atoms. The first-order chi connectivity index (χ1) is 8.13. The molecule has 0 aliphatic heterocycles. The number of thioether (sulfide) groups is 1. The summed E-state index contributed by atoms with van der Waals surface area (Å²) in [5.74, 6) is 0. The van der Waals surface area contributed by atoms with Crippen molar-refractivity contribution in [1.29, 1.82) is 0 Å². The molecule has 0 unspecified atom stereocenters. The minimum atomic E-state index is -0.00569. The van der Waals surface area contributed by atoms with Crippen LogP contribution in [0.1, 0.15) is 11.3 Å². The van der Waals surface area contributed by atoms with Crippen molar-refractivity contribution < 1.29 is 0 Å². The van der Waals surface area contributed by atoms with E-state index in [0.717, 1.165) is 11.4 Å². The Balaban J connectivity index is 2.61. The lowest BCUT2D eigenvalue weighted by atomic mass is 10.2. The Hall–Kier alpha value is -1.55. The molecule has 0 N–H and O–H groups in total. The fourth-order valence-electron chi connectivity index (χ4n) is 1.64. The van der Waals surface area contributed by atoms with Crippen LogP contribution in [0.5, 0.6) is 0 Å². The van der Waals surface area contributed by atoms with Gasteiger partial charge in [0.1, 0.15) is 6.33 Å². The largest absolute Gasteiger partial charge is 0.271 e. The number of hydrogen-bond donors (Lipinski definition) is 0. The van der Waals surface area contributed by atoms with E-state index < -0.39 is 0 Å². The van der Waals surface area contributed by atoms with E-state index in [2.05, 4.69) is 4.98 Å². The second-order valence-corrected chi connectivity index (χ2v) is 4.69. The van der Waals surface area contributed by atoms with Gasteiger partial charge in [0.05, 0.1) is 16.3 Å². The second-order valence-electron chi connectivity index (χ2n) is 3.87. The van der Waals surface area contributed by atoms with E-state index in [0.29, 0.717) is 4.90 Å². The zero-order valence-corrected chi connectivity index (χ0v) is 10.9. The maximum absolute atomic E-state index is 12.2. The van der Waals surface area contributed by atoms with Crippen LogP contribution in [0.4, 0.5) is 0 Å². The Bertz CT molecular complexity index is 587. The summed E-state index contributed by atoms with van der Waals surface area (Å²) in [5, 5.41) is 0. The van der Waals surface area contributed by atoms with Crippen LogP contribution >= 0.6 is 11.8 Å². The molecule has 0 aliphatic rings. The minimum Gasteiger partial charge on any atom is -0.268 e. The molecule has 17 heavy (non-hydrogen) atoms. The van der Waals surface area contributed by atoms with Gasteiger partial charge in [-0.1, -0.05) is 17.7 Å². The molecule has 0 aliphatic carbocycles. The summed E-state index contributed by atoms with van der Waals surface area (Å²) >= 11 is 1.44. The summed E-state index contributed by atoms with van der Waals surface area (Å²) in [6, 6.07) is 7.83. The number of benzene rings is 1. The molecule has 0 amide bonds. The van der Waals surface area contributed by atoms with E-state index in [1.807, 2.05) is 44.4 Å². The normalized spacial score (nSPS) is 10.5. The lowest BCUT2D eigenvalue weighted by molar-refractivity contribution is 0.865. The average Bonchev–Trinajstić information content (AvgIpc) is 2.31. The highest BCUT2D eigenvalue weighted by Gasteiger charge is 2.08. The van der Waals surface area contributed by atoms with E-state index in [-0.39, 0.29) is 5.56 Å². The minimum absolute atomic E-state index is 0.00569. The average molecular weight is 246 g/mol. The molecule has 1 heterocycles. The number of aromatic nitrogens is 2. The third-order valence-electron chi connectivity index (χ3n) is 2.62. The van der Waals surface area contributed by atoms with Crippen LogP contribution in [0.2, 0.25) is 0 Å². The van der Waals surface area contributed by atoms with Gasteiger partial charge >= 0.3 is 0 Å². The highest BCUT2D eigenvalue weighted by molar-refractivity contribution is 7.98. The summed E-state index contributed by atoms with van der Waals surface area (Å²) < 4.78 is 1.58. The SMILES string of the molecule is CSc1c(C)ncn(-c2ccc(C)cc2)c1=O. The van der Waals surface area contributed by atoms with Gasteiger partial charge in [0.25, 0.3) is 5.56 Å². The predicted octanol–water partition coefficient (Wildman–Crippen LogP) is 2.57. The highest BCUT2D eigenvalue weighted by Crippen LogP contribution is 2.14. The molecule has 4 heteroatoms. The number of nitrogens with zero attached hydrogens (tertiary/aromatic N) is 2. The van der Waals surface area contributed by atoms with Gasteiger partial charge in [0, 0.05) is 0 Å². The first-order valence-corrected chi connectivity index (χ1v) is 6.55. The van der Waals surface area contributed by atoms with E-state index >= 15 is 0 Å². The highest BCUT2D eigenvalue weighted by atomic mass is 32.2. The van der Waals surface area contributed by atoms with E-state index in [9.17, 15) is 4.79 Å². The van der Waals surface area contributed by atoms with Crippen molar-refractivity contribution in [3.05, 3.63) is 52.2 Å². The number of hydrogen-bond acceptors (Lipinski definition) is 3. The van der Waals surface area contributed by atoms with Gasteiger partial charge in [0.15, 0.2) is 0 Å². The van der Waals surface area contributed by atoms with Crippen molar-refractivity contribution >= 4 is 11.8 Å². The fourth-order valence-corrected chi connectivity index (χ4v) is 2.26. The summed E-state index contributed by atoms with van der Waals surface area (Å²) in [7, 11) is 0. The molecular formula is C13H14N2OS. The molecule has 0 bridgehead atoms. The smallest absolute Gasteiger partial charge is 0.268 e. The Kier molecular flexibility index (Phi) is 3.33. The van der Waals surface area contributed by atoms with Gasteiger partial charge in [-0.25, -0.2) is 4.98 Å². The van der Waals surface area contributed by atoms with Crippen molar-refractivity contribution in [1.82, 2.24) is 9.55 Å². The lowest BCUT2D eigenvalue weighted by Gasteiger charge is -2.08. The van der Waals surface area contributed by atoms with Gasteiger partial charge in [-0.15, -0.1) is 11.8 Å². The molecular weight excluding hydrogens is 232 g/mol. The van der Waals surface area contributed by atoms with Gasteiger partial charge in [-0.2, -0.15) is 0 Å². The van der Waals surface area contributed by atoms with Gasteiger partial charge in [-0.3, -0.25) is 9.36 Å².